The molecule has 0 unspecified atom stereocenters. The lowest BCUT2D eigenvalue weighted by atomic mass is 10.2. The van der Waals surface area contributed by atoms with Crippen LogP contribution in [0.15, 0.2) is 47.0 Å². The van der Waals surface area contributed by atoms with E-state index in [0.29, 0.717) is 35.4 Å². The second kappa shape index (κ2) is 5.90. The van der Waals surface area contributed by atoms with E-state index in [1.165, 1.54) is 0 Å². The Labute approximate surface area is 122 Å². The minimum atomic E-state index is 0.505. The van der Waals surface area contributed by atoms with Crippen LogP contribution in [0.25, 0.3) is 11.1 Å². The first-order chi connectivity index (χ1) is 10.4. The Bertz CT molecular complexity index is 864. The van der Waals surface area contributed by atoms with Gasteiger partial charge in [0.15, 0.2) is 11.5 Å². The fourth-order valence-corrected chi connectivity index (χ4v) is 1.95. The number of para-hydroxylation sites is 1. The molecular formula is C17H11N3O. The van der Waals surface area contributed by atoms with Crippen molar-refractivity contribution in [3.05, 3.63) is 59.7 Å². The third-order valence-corrected chi connectivity index (χ3v) is 2.92. The Morgan fingerprint density at radius 3 is 2.90 bits per heavy atom. The number of rotatable bonds is 2. The normalized spacial score (nSPS) is 9.86. The van der Waals surface area contributed by atoms with E-state index < -0.39 is 0 Å². The number of fused-ring (bicyclic) bond motifs is 1. The summed E-state index contributed by atoms with van der Waals surface area (Å²) in [6.07, 6.45) is 2.96. The number of nitriles is 1. The average molecular weight is 273 g/mol. The molecule has 21 heavy (non-hydrogen) atoms. The van der Waals surface area contributed by atoms with Crippen molar-refractivity contribution >= 4 is 11.1 Å². The van der Waals surface area contributed by atoms with Gasteiger partial charge in [0, 0.05) is 19.0 Å². The monoisotopic (exact) mass is 273 g/mol. The standard InChI is InChI=1S/C17H11N3O/c18-12-13-6-5-9-15-17(13)21-16(20-15)10-2-1-7-14-8-3-4-11-19-14/h3-6,8-9,11H,2,10H2. The van der Waals surface area contributed by atoms with Crippen molar-refractivity contribution in [3.63, 3.8) is 0 Å². The summed E-state index contributed by atoms with van der Waals surface area (Å²) < 4.78 is 5.63. The second-order valence-electron chi connectivity index (χ2n) is 4.39. The van der Waals surface area contributed by atoms with Gasteiger partial charge in [0.25, 0.3) is 0 Å². The molecule has 1 aromatic carbocycles. The zero-order valence-corrected chi connectivity index (χ0v) is 11.2. The molecule has 0 aliphatic rings. The van der Waals surface area contributed by atoms with E-state index in [1.54, 1.807) is 18.3 Å². The molecule has 0 spiro atoms. The minimum Gasteiger partial charge on any atom is -0.439 e. The van der Waals surface area contributed by atoms with Gasteiger partial charge < -0.3 is 4.42 Å². The molecule has 0 radical (unpaired) electrons. The second-order valence-corrected chi connectivity index (χ2v) is 4.39. The Morgan fingerprint density at radius 1 is 1.14 bits per heavy atom. The summed E-state index contributed by atoms with van der Waals surface area (Å²) in [6, 6.07) is 13.1. The van der Waals surface area contributed by atoms with E-state index in [9.17, 15) is 0 Å². The highest BCUT2D eigenvalue weighted by atomic mass is 16.3. The fraction of sp³-hybridized carbons (Fsp3) is 0.118. The summed E-state index contributed by atoms with van der Waals surface area (Å²) in [7, 11) is 0. The van der Waals surface area contributed by atoms with Crippen LogP contribution in [0.1, 0.15) is 23.6 Å². The van der Waals surface area contributed by atoms with Crippen molar-refractivity contribution in [2.75, 3.05) is 0 Å². The van der Waals surface area contributed by atoms with Gasteiger partial charge in [-0.3, -0.25) is 0 Å². The van der Waals surface area contributed by atoms with Gasteiger partial charge in [0.05, 0.1) is 5.56 Å². The van der Waals surface area contributed by atoms with Gasteiger partial charge >= 0.3 is 0 Å². The Kier molecular flexibility index (Phi) is 3.62. The lowest BCUT2D eigenvalue weighted by molar-refractivity contribution is 0.531. The number of pyridine rings is 1. The Morgan fingerprint density at radius 2 is 2.10 bits per heavy atom. The molecule has 0 bridgehead atoms. The highest BCUT2D eigenvalue weighted by molar-refractivity contribution is 5.78. The average Bonchev–Trinajstić information content (AvgIpc) is 2.95. The van der Waals surface area contributed by atoms with E-state index >= 15 is 0 Å². The number of nitrogens with zero attached hydrogens (tertiary/aromatic N) is 3. The maximum atomic E-state index is 9.02. The molecule has 0 saturated heterocycles. The molecule has 3 aromatic rings. The summed E-state index contributed by atoms with van der Waals surface area (Å²) in [6.45, 7) is 0. The van der Waals surface area contributed by atoms with E-state index in [2.05, 4.69) is 27.9 Å². The first-order valence-corrected chi connectivity index (χ1v) is 6.55. The van der Waals surface area contributed by atoms with E-state index in [1.807, 2.05) is 24.3 Å². The largest absolute Gasteiger partial charge is 0.439 e. The number of benzene rings is 1. The van der Waals surface area contributed by atoms with E-state index in [4.69, 9.17) is 9.68 Å². The lowest BCUT2D eigenvalue weighted by Crippen LogP contribution is -1.83. The fourth-order valence-electron chi connectivity index (χ4n) is 1.95. The lowest BCUT2D eigenvalue weighted by Gasteiger charge is -1.89. The zero-order chi connectivity index (χ0) is 14.5. The van der Waals surface area contributed by atoms with Crippen LogP contribution in [0.3, 0.4) is 0 Å². The van der Waals surface area contributed by atoms with Crippen LogP contribution >= 0.6 is 0 Å². The van der Waals surface area contributed by atoms with Crippen molar-refractivity contribution < 1.29 is 4.42 Å². The maximum Gasteiger partial charge on any atom is 0.196 e. The van der Waals surface area contributed by atoms with Crippen LogP contribution in [0.2, 0.25) is 0 Å². The van der Waals surface area contributed by atoms with Crippen LogP contribution in [0.5, 0.6) is 0 Å². The number of aromatic nitrogens is 2. The van der Waals surface area contributed by atoms with Crippen molar-refractivity contribution in [2.45, 2.75) is 12.8 Å². The molecule has 0 fully saturated rings. The molecule has 4 nitrogen and oxygen atoms in total. The first kappa shape index (κ1) is 12.9. The van der Waals surface area contributed by atoms with Crippen LogP contribution in [-0.2, 0) is 6.42 Å². The molecule has 0 N–H and O–H groups in total. The van der Waals surface area contributed by atoms with Gasteiger partial charge in [-0.05, 0) is 30.2 Å². The highest BCUT2D eigenvalue weighted by Crippen LogP contribution is 2.19. The Hall–Kier alpha value is -3.11. The van der Waals surface area contributed by atoms with Gasteiger partial charge in [-0.1, -0.05) is 18.1 Å². The molecule has 0 amide bonds. The molecule has 0 saturated carbocycles. The minimum absolute atomic E-state index is 0.505. The molecule has 4 heteroatoms. The maximum absolute atomic E-state index is 9.02. The smallest absolute Gasteiger partial charge is 0.196 e. The highest BCUT2D eigenvalue weighted by Gasteiger charge is 2.08. The van der Waals surface area contributed by atoms with E-state index in [-0.39, 0.29) is 0 Å². The summed E-state index contributed by atoms with van der Waals surface area (Å²) in [4.78, 5) is 8.50. The third-order valence-electron chi connectivity index (χ3n) is 2.92. The van der Waals surface area contributed by atoms with E-state index in [0.717, 1.165) is 5.69 Å². The van der Waals surface area contributed by atoms with Gasteiger partial charge in [-0.25, -0.2) is 9.97 Å². The third kappa shape index (κ3) is 2.91. The summed E-state index contributed by atoms with van der Waals surface area (Å²) in [5.74, 6) is 6.63. The van der Waals surface area contributed by atoms with Crippen molar-refractivity contribution in [3.8, 4) is 17.9 Å². The van der Waals surface area contributed by atoms with Crippen LogP contribution in [0, 0.1) is 23.2 Å². The van der Waals surface area contributed by atoms with Crippen molar-refractivity contribution in [1.29, 1.82) is 5.26 Å². The number of hydrogen-bond acceptors (Lipinski definition) is 4. The number of oxazole rings is 1. The van der Waals surface area contributed by atoms with Crippen molar-refractivity contribution in [1.82, 2.24) is 9.97 Å². The van der Waals surface area contributed by atoms with Crippen LogP contribution in [0.4, 0.5) is 0 Å². The first-order valence-electron chi connectivity index (χ1n) is 6.55. The number of hydrogen-bond donors (Lipinski definition) is 0. The molecule has 2 heterocycles. The summed E-state index contributed by atoms with van der Waals surface area (Å²) in [5, 5.41) is 9.02. The topological polar surface area (TPSA) is 62.7 Å². The molecule has 0 aliphatic carbocycles. The molecule has 100 valence electrons. The van der Waals surface area contributed by atoms with Gasteiger partial charge in [0.1, 0.15) is 17.3 Å². The molecule has 0 aliphatic heterocycles. The number of aryl methyl sites for hydroxylation is 1. The quantitative estimate of drug-likeness (QED) is 0.673. The van der Waals surface area contributed by atoms with Gasteiger partial charge in [0.2, 0.25) is 0 Å². The molecule has 3 rings (SSSR count). The van der Waals surface area contributed by atoms with Gasteiger partial charge in [-0.2, -0.15) is 5.26 Å². The predicted molar refractivity (Wildman–Crippen MR) is 78.2 cm³/mol. The van der Waals surface area contributed by atoms with Crippen molar-refractivity contribution in [2.24, 2.45) is 0 Å². The zero-order valence-electron chi connectivity index (χ0n) is 11.2. The van der Waals surface area contributed by atoms with Gasteiger partial charge in [-0.15, -0.1) is 0 Å². The van der Waals surface area contributed by atoms with Crippen LogP contribution in [-0.4, -0.2) is 9.97 Å². The molecule has 2 aromatic heterocycles. The Balaban J connectivity index is 1.72. The summed E-state index contributed by atoms with van der Waals surface area (Å²) >= 11 is 0. The SMILES string of the molecule is N#Cc1cccc2nc(CCC#Cc3ccccn3)oc12. The molecular weight excluding hydrogens is 262 g/mol. The molecule has 0 atom stereocenters. The van der Waals surface area contributed by atoms with Crippen LogP contribution < -0.4 is 0 Å². The summed E-state index contributed by atoms with van der Waals surface area (Å²) in [5.41, 5.74) is 2.52. The predicted octanol–water partition coefficient (Wildman–Crippen LogP) is 3.08.